The third kappa shape index (κ3) is 3.26. The summed E-state index contributed by atoms with van der Waals surface area (Å²) in [6, 6.07) is 11.2. The van der Waals surface area contributed by atoms with E-state index in [0.29, 0.717) is 16.3 Å². The van der Waals surface area contributed by atoms with E-state index in [1.54, 1.807) is 30.3 Å². The topological polar surface area (TPSA) is 72.6 Å². The summed E-state index contributed by atoms with van der Waals surface area (Å²) < 4.78 is 5.58. The highest BCUT2D eigenvalue weighted by Crippen LogP contribution is 2.27. The van der Waals surface area contributed by atoms with Crippen molar-refractivity contribution in [1.82, 2.24) is 0 Å². The molecule has 0 spiro atoms. The molecule has 0 fully saturated rings. The van der Waals surface area contributed by atoms with Crippen LogP contribution in [0.1, 0.15) is 11.1 Å². The van der Waals surface area contributed by atoms with Gasteiger partial charge in [0.15, 0.2) is 0 Å². The van der Waals surface area contributed by atoms with E-state index in [4.69, 9.17) is 16.3 Å². The van der Waals surface area contributed by atoms with Gasteiger partial charge in [-0.15, -0.1) is 0 Å². The number of hydrogen-bond acceptors (Lipinski definition) is 4. The number of aliphatic hydroxyl groups excluding tert-OH is 1. The van der Waals surface area contributed by atoms with Gasteiger partial charge in [-0.2, -0.15) is 0 Å². The zero-order valence-corrected chi connectivity index (χ0v) is 11.2. The van der Waals surface area contributed by atoms with E-state index in [2.05, 4.69) is 0 Å². The summed E-state index contributed by atoms with van der Waals surface area (Å²) in [5, 5.41) is 20.2. The Balaban J connectivity index is 2.09. The lowest BCUT2D eigenvalue weighted by Gasteiger charge is -2.11. The lowest BCUT2D eigenvalue weighted by atomic mass is 10.2. The van der Waals surface area contributed by atoms with E-state index >= 15 is 0 Å². The zero-order chi connectivity index (χ0) is 14.5. The van der Waals surface area contributed by atoms with Gasteiger partial charge in [-0.1, -0.05) is 17.7 Å². The Morgan fingerprint density at radius 2 is 1.90 bits per heavy atom. The van der Waals surface area contributed by atoms with Crippen LogP contribution in [0.25, 0.3) is 0 Å². The van der Waals surface area contributed by atoms with Gasteiger partial charge in [0.25, 0.3) is 5.69 Å². The molecule has 0 aromatic heterocycles. The smallest absolute Gasteiger partial charge is 0.269 e. The minimum atomic E-state index is -0.453. The third-order valence-corrected chi connectivity index (χ3v) is 3.13. The van der Waals surface area contributed by atoms with Crippen LogP contribution >= 0.6 is 11.6 Å². The Bertz CT molecular complexity index is 613. The van der Waals surface area contributed by atoms with E-state index in [-0.39, 0.29) is 18.9 Å². The molecule has 2 aromatic rings. The van der Waals surface area contributed by atoms with Gasteiger partial charge in [-0.05, 0) is 29.8 Å². The van der Waals surface area contributed by atoms with Crippen LogP contribution in [0.5, 0.6) is 5.75 Å². The number of nitrogens with zero attached hydrogens (tertiary/aromatic N) is 1. The molecular weight excluding hydrogens is 282 g/mol. The average Bonchev–Trinajstić information content (AvgIpc) is 2.45. The highest BCUT2D eigenvalue weighted by Gasteiger charge is 2.08. The van der Waals surface area contributed by atoms with Gasteiger partial charge in [-0.25, -0.2) is 0 Å². The highest BCUT2D eigenvalue weighted by atomic mass is 35.5. The molecule has 0 aliphatic heterocycles. The molecule has 2 rings (SSSR count). The lowest BCUT2D eigenvalue weighted by molar-refractivity contribution is -0.384. The van der Waals surface area contributed by atoms with Crippen molar-refractivity contribution in [3.63, 3.8) is 0 Å². The fraction of sp³-hybridized carbons (Fsp3) is 0.143. The molecule has 5 nitrogen and oxygen atoms in total. The summed E-state index contributed by atoms with van der Waals surface area (Å²) in [7, 11) is 0. The predicted octanol–water partition coefficient (Wildman–Crippen LogP) is 3.32. The van der Waals surface area contributed by atoms with Crippen LogP contribution in [0.4, 0.5) is 5.69 Å². The van der Waals surface area contributed by atoms with Crippen molar-refractivity contribution in [2.24, 2.45) is 0 Å². The van der Waals surface area contributed by atoms with E-state index < -0.39 is 4.92 Å². The molecule has 20 heavy (non-hydrogen) atoms. The number of aliphatic hydroxyl groups is 1. The third-order valence-electron chi connectivity index (χ3n) is 2.78. The van der Waals surface area contributed by atoms with Crippen molar-refractivity contribution in [1.29, 1.82) is 0 Å². The van der Waals surface area contributed by atoms with Gasteiger partial charge in [0.05, 0.1) is 11.5 Å². The van der Waals surface area contributed by atoms with Crippen LogP contribution in [-0.4, -0.2) is 10.0 Å². The Morgan fingerprint density at radius 3 is 2.50 bits per heavy atom. The molecule has 0 radical (unpaired) electrons. The van der Waals surface area contributed by atoms with Crippen molar-refractivity contribution >= 4 is 17.3 Å². The first-order valence-corrected chi connectivity index (χ1v) is 6.24. The Kier molecular flexibility index (Phi) is 4.55. The fourth-order valence-electron chi connectivity index (χ4n) is 1.70. The second-order valence-corrected chi connectivity index (χ2v) is 4.49. The molecular formula is C14H12ClNO4. The van der Waals surface area contributed by atoms with Crippen LogP contribution < -0.4 is 4.74 Å². The SMILES string of the molecule is O=[N+]([O-])c1ccc(COc2cccc(Cl)c2CO)cc1. The Hall–Kier alpha value is -2.11. The van der Waals surface area contributed by atoms with Gasteiger partial charge in [0.2, 0.25) is 0 Å². The maximum atomic E-state index is 10.5. The molecule has 0 saturated carbocycles. The van der Waals surface area contributed by atoms with E-state index in [0.717, 1.165) is 5.56 Å². The van der Waals surface area contributed by atoms with Crippen LogP contribution in [0, 0.1) is 10.1 Å². The van der Waals surface area contributed by atoms with Crippen LogP contribution in [0.15, 0.2) is 42.5 Å². The van der Waals surface area contributed by atoms with Crippen molar-refractivity contribution in [2.75, 3.05) is 0 Å². The minimum Gasteiger partial charge on any atom is -0.488 e. The van der Waals surface area contributed by atoms with Crippen LogP contribution in [0.2, 0.25) is 5.02 Å². The maximum Gasteiger partial charge on any atom is 0.269 e. The average molecular weight is 294 g/mol. The summed E-state index contributed by atoms with van der Waals surface area (Å²) >= 11 is 5.95. The van der Waals surface area contributed by atoms with Gasteiger partial charge < -0.3 is 9.84 Å². The number of rotatable bonds is 5. The Labute approximate surface area is 120 Å². The number of benzene rings is 2. The van der Waals surface area contributed by atoms with E-state index in [9.17, 15) is 15.2 Å². The molecule has 0 heterocycles. The minimum absolute atomic E-state index is 0.0348. The number of ether oxygens (including phenoxy) is 1. The number of hydrogen-bond donors (Lipinski definition) is 1. The first-order valence-electron chi connectivity index (χ1n) is 5.86. The molecule has 2 aromatic carbocycles. The molecule has 1 N–H and O–H groups in total. The van der Waals surface area contributed by atoms with Gasteiger partial charge >= 0.3 is 0 Å². The monoisotopic (exact) mass is 293 g/mol. The first kappa shape index (κ1) is 14.3. The van der Waals surface area contributed by atoms with Gasteiger partial charge in [0.1, 0.15) is 12.4 Å². The molecule has 0 unspecified atom stereocenters. The summed E-state index contributed by atoms with van der Waals surface area (Å²) in [5.74, 6) is 0.498. The van der Waals surface area contributed by atoms with Crippen LogP contribution in [0.3, 0.4) is 0 Å². The molecule has 6 heteroatoms. The summed E-state index contributed by atoms with van der Waals surface area (Å²) in [6.45, 7) is 0.0284. The number of nitro groups is 1. The van der Waals surface area contributed by atoms with Crippen molar-refractivity contribution in [3.05, 3.63) is 68.7 Å². The molecule has 0 atom stereocenters. The second-order valence-electron chi connectivity index (χ2n) is 4.09. The highest BCUT2D eigenvalue weighted by molar-refractivity contribution is 6.31. The van der Waals surface area contributed by atoms with Crippen molar-refractivity contribution < 1.29 is 14.8 Å². The fourth-order valence-corrected chi connectivity index (χ4v) is 1.93. The van der Waals surface area contributed by atoms with Crippen molar-refractivity contribution in [3.8, 4) is 5.75 Å². The maximum absolute atomic E-state index is 10.5. The summed E-state index contributed by atoms with van der Waals surface area (Å²) in [5.41, 5.74) is 1.35. The number of non-ortho nitro benzene ring substituents is 1. The first-order chi connectivity index (χ1) is 9.61. The molecule has 0 aliphatic rings. The Morgan fingerprint density at radius 1 is 1.20 bits per heavy atom. The molecule has 0 bridgehead atoms. The molecule has 0 aliphatic carbocycles. The number of nitro benzene ring substituents is 1. The lowest BCUT2D eigenvalue weighted by Crippen LogP contribution is -1.99. The zero-order valence-electron chi connectivity index (χ0n) is 10.5. The largest absolute Gasteiger partial charge is 0.488 e. The van der Waals surface area contributed by atoms with E-state index in [1.165, 1.54) is 12.1 Å². The summed E-state index contributed by atoms with van der Waals surface area (Å²) in [4.78, 5) is 10.1. The molecule has 104 valence electrons. The molecule has 0 saturated heterocycles. The van der Waals surface area contributed by atoms with Crippen molar-refractivity contribution in [2.45, 2.75) is 13.2 Å². The standard InChI is InChI=1S/C14H12ClNO4/c15-13-2-1-3-14(12(13)8-17)20-9-10-4-6-11(7-5-10)16(18)19/h1-7,17H,8-9H2. The summed E-state index contributed by atoms with van der Waals surface area (Å²) in [6.07, 6.45) is 0. The van der Waals surface area contributed by atoms with Gasteiger partial charge in [-0.3, -0.25) is 10.1 Å². The molecule has 0 amide bonds. The van der Waals surface area contributed by atoms with E-state index in [1.807, 2.05) is 0 Å². The van der Waals surface area contributed by atoms with Gasteiger partial charge in [0, 0.05) is 22.7 Å². The quantitative estimate of drug-likeness (QED) is 0.678. The second kappa shape index (κ2) is 6.36. The van der Waals surface area contributed by atoms with Crippen LogP contribution in [-0.2, 0) is 13.2 Å². The normalized spacial score (nSPS) is 10.3. The predicted molar refractivity (Wildman–Crippen MR) is 74.8 cm³/mol. The number of halogens is 1.